The van der Waals surface area contributed by atoms with Gasteiger partial charge in [-0.05, 0) is 31.2 Å². The van der Waals surface area contributed by atoms with Crippen LogP contribution in [-0.4, -0.2) is 16.0 Å². The fourth-order valence-corrected chi connectivity index (χ4v) is 2.12. The first-order chi connectivity index (χ1) is 7.65. The molecule has 0 saturated heterocycles. The Hall–Kier alpha value is -1.26. The van der Waals surface area contributed by atoms with Gasteiger partial charge < -0.3 is 0 Å². The molecule has 2 aromatic rings. The number of hydrogen-bond donors (Lipinski definition) is 0. The van der Waals surface area contributed by atoms with Crippen molar-refractivity contribution in [3.8, 4) is 0 Å². The first-order valence-electron chi connectivity index (χ1n) is 4.73. The molecule has 0 unspecified atom stereocenters. The van der Waals surface area contributed by atoms with E-state index in [4.69, 9.17) is 11.6 Å². The van der Waals surface area contributed by atoms with Crippen LogP contribution in [0.15, 0.2) is 24.3 Å². The Bertz CT molecular complexity index is 507. The largest absolute Gasteiger partial charge is 0.294 e. The number of aryl methyl sites for hydroxylation is 1. The second kappa shape index (κ2) is 4.72. The van der Waals surface area contributed by atoms with Gasteiger partial charge in [0.25, 0.3) is 0 Å². The monoisotopic (exact) mass is 252 g/mol. The number of nitrogens with zero attached hydrogens (tertiary/aromatic N) is 2. The molecule has 0 aliphatic heterocycles. The molecule has 16 heavy (non-hydrogen) atoms. The standard InChI is InChI=1S/C11H9ClN2OS/c1-7-13-14-11(16-7)6-10(15)8-2-4-9(12)5-3-8/h2-5H,6H2,1H3. The molecule has 5 heteroatoms. The minimum Gasteiger partial charge on any atom is -0.294 e. The van der Waals surface area contributed by atoms with Crippen LogP contribution in [0.3, 0.4) is 0 Å². The Morgan fingerprint density at radius 3 is 2.56 bits per heavy atom. The van der Waals surface area contributed by atoms with E-state index in [-0.39, 0.29) is 5.78 Å². The average Bonchev–Trinajstić information content (AvgIpc) is 2.65. The smallest absolute Gasteiger partial charge is 0.169 e. The molecular formula is C11H9ClN2OS. The Kier molecular flexibility index (Phi) is 3.31. The molecule has 0 aliphatic rings. The van der Waals surface area contributed by atoms with Gasteiger partial charge in [0.2, 0.25) is 0 Å². The maximum atomic E-state index is 11.8. The lowest BCUT2D eigenvalue weighted by Crippen LogP contribution is -2.02. The second-order valence-electron chi connectivity index (χ2n) is 3.32. The Balaban J connectivity index is 2.11. The number of rotatable bonds is 3. The fraction of sp³-hybridized carbons (Fsp3) is 0.182. The van der Waals surface area contributed by atoms with Crippen LogP contribution in [0.25, 0.3) is 0 Å². The normalized spacial score (nSPS) is 10.4. The molecule has 1 aromatic heterocycles. The molecule has 0 fully saturated rings. The zero-order valence-corrected chi connectivity index (χ0v) is 10.2. The van der Waals surface area contributed by atoms with Crippen molar-refractivity contribution in [1.82, 2.24) is 10.2 Å². The summed E-state index contributed by atoms with van der Waals surface area (Å²) in [5.41, 5.74) is 0.650. The summed E-state index contributed by atoms with van der Waals surface area (Å²) in [6.07, 6.45) is 0.299. The molecule has 0 aliphatic carbocycles. The van der Waals surface area contributed by atoms with Gasteiger partial charge in [-0.3, -0.25) is 4.79 Å². The van der Waals surface area contributed by atoms with E-state index in [2.05, 4.69) is 10.2 Å². The minimum atomic E-state index is 0.0350. The predicted molar refractivity (Wildman–Crippen MR) is 64.1 cm³/mol. The van der Waals surface area contributed by atoms with E-state index in [0.717, 1.165) is 10.0 Å². The van der Waals surface area contributed by atoms with Gasteiger partial charge in [-0.1, -0.05) is 11.6 Å². The summed E-state index contributed by atoms with van der Waals surface area (Å²) >= 11 is 7.19. The molecule has 1 aromatic carbocycles. The summed E-state index contributed by atoms with van der Waals surface area (Å²) in [6, 6.07) is 6.86. The third-order valence-corrected chi connectivity index (χ3v) is 3.14. The summed E-state index contributed by atoms with van der Waals surface area (Å²) in [5, 5.41) is 10.0. The van der Waals surface area contributed by atoms with Crippen LogP contribution in [0.2, 0.25) is 5.02 Å². The van der Waals surface area contributed by atoms with Crippen LogP contribution < -0.4 is 0 Å². The predicted octanol–water partition coefficient (Wildman–Crippen LogP) is 2.93. The lowest BCUT2D eigenvalue weighted by molar-refractivity contribution is 0.0992. The molecule has 3 nitrogen and oxygen atoms in total. The van der Waals surface area contributed by atoms with E-state index in [1.54, 1.807) is 24.3 Å². The van der Waals surface area contributed by atoms with E-state index in [9.17, 15) is 4.79 Å². The van der Waals surface area contributed by atoms with Gasteiger partial charge in [0.1, 0.15) is 10.0 Å². The Labute approximate surface area is 102 Å². The van der Waals surface area contributed by atoms with Gasteiger partial charge in [-0.2, -0.15) is 0 Å². The van der Waals surface area contributed by atoms with E-state index in [1.165, 1.54) is 11.3 Å². The van der Waals surface area contributed by atoms with Gasteiger partial charge in [0.15, 0.2) is 5.78 Å². The van der Waals surface area contributed by atoms with Gasteiger partial charge >= 0.3 is 0 Å². The molecule has 0 spiro atoms. The highest BCUT2D eigenvalue weighted by Gasteiger charge is 2.10. The van der Waals surface area contributed by atoms with E-state index in [1.807, 2.05) is 6.92 Å². The Morgan fingerprint density at radius 2 is 2.00 bits per heavy atom. The quantitative estimate of drug-likeness (QED) is 0.789. The van der Waals surface area contributed by atoms with Crippen molar-refractivity contribution in [2.24, 2.45) is 0 Å². The Morgan fingerprint density at radius 1 is 1.31 bits per heavy atom. The van der Waals surface area contributed by atoms with Crippen LogP contribution in [0.4, 0.5) is 0 Å². The van der Waals surface area contributed by atoms with Gasteiger partial charge in [-0.25, -0.2) is 0 Å². The van der Waals surface area contributed by atoms with Crippen LogP contribution >= 0.6 is 22.9 Å². The molecule has 2 rings (SSSR count). The topological polar surface area (TPSA) is 42.9 Å². The summed E-state index contributed by atoms with van der Waals surface area (Å²) in [5.74, 6) is 0.0350. The van der Waals surface area contributed by atoms with Crippen molar-refractivity contribution in [3.63, 3.8) is 0 Å². The van der Waals surface area contributed by atoms with Crippen LogP contribution in [0, 0.1) is 6.92 Å². The van der Waals surface area contributed by atoms with Gasteiger partial charge in [-0.15, -0.1) is 21.5 Å². The van der Waals surface area contributed by atoms with Crippen molar-refractivity contribution >= 4 is 28.7 Å². The van der Waals surface area contributed by atoms with Crippen molar-refractivity contribution in [1.29, 1.82) is 0 Å². The van der Waals surface area contributed by atoms with Crippen molar-refractivity contribution in [3.05, 3.63) is 44.9 Å². The summed E-state index contributed by atoms with van der Waals surface area (Å²) in [7, 11) is 0. The zero-order chi connectivity index (χ0) is 11.5. The molecule has 0 bridgehead atoms. The van der Waals surface area contributed by atoms with Crippen molar-refractivity contribution in [2.75, 3.05) is 0 Å². The first kappa shape index (κ1) is 11.2. The first-order valence-corrected chi connectivity index (χ1v) is 5.92. The number of hydrogen-bond acceptors (Lipinski definition) is 4. The molecule has 0 amide bonds. The van der Waals surface area contributed by atoms with Gasteiger partial charge in [0.05, 0.1) is 6.42 Å². The number of Topliss-reactive ketones (excluding diaryl/α,β-unsaturated/α-hetero) is 1. The van der Waals surface area contributed by atoms with Crippen LogP contribution in [0.5, 0.6) is 0 Å². The number of aromatic nitrogens is 2. The molecular weight excluding hydrogens is 244 g/mol. The second-order valence-corrected chi connectivity index (χ2v) is 5.02. The average molecular weight is 253 g/mol. The molecule has 82 valence electrons. The highest BCUT2D eigenvalue weighted by Crippen LogP contribution is 2.14. The molecule has 0 N–H and O–H groups in total. The number of carbonyl (C=O) groups excluding carboxylic acids is 1. The summed E-state index contributed by atoms with van der Waals surface area (Å²) in [6.45, 7) is 1.87. The highest BCUT2D eigenvalue weighted by atomic mass is 35.5. The maximum absolute atomic E-state index is 11.8. The highest BCUT2D eigenvalue weighted by molar-refractivity contribution is 7.11. The van der Waals surface area contributed by atoms with E-state index < -0.39 is 0 Å². The number of halogens is 1. The summed E-state index contributed by atoms with van der Waals surface area (Å²) in [4.78, 5) is 11.8. The van der Waals surface area contributed by atoms with Gasteiger partial charge in [0, 0.05) is 10.6 Å². The molecule has 0 saturated carbocycles. The third kappa shape index (κ3) is 2.65. The maximum Gasteiger partial charge on any atom is 0.169 e. The number of benzene rings is 1. The SMILES string of the molecule is Cc1nnc(CC(=O)c2ccc(Cl)cc2)s1. The fourth-order valence-electron chi connectivity index (χ4n) is 1.28. The van der Waals surface area contributed by atoms with Crippen LogP contribution in [-0.2, 0) is 6.42 Å². The van der Waals surface area contributed by atoms with Crippen molar-refractivity contribution < 1.29 is 4.79 Å². The molecule has 0 atom stereocenters. The number of ketones is 1. The number of carbonyl (C=O) groups is 1. The summed E-state index contributed by atoms with van der Waals surface area (Å²) < 4.78 is 0. The minimum absolute atomic E-state index is 0.0350. The zero-order valence-electron chi connectivity index (χ0n) is 8.61. The lowest BCUT2D eigenvalue weighted by Gasteiger charge is -1.97. The van der Waals surface area contributed by atoms with Crippen LogP contribution in [0.1, 0.15) is 20.4 Å². The van der Waals surface area contributed by atoms with E-state index >= 15 is 0 Å². The third-order valence-electron chi connectivity index (χ3n) is 2.05. The van der Waals surface area contributed by atoms with Crippen molar-refractivity contribution in [2.45, 2.75) is 13.3 Å². The lowest BCUT2D eigenvalue weighted by atomic mass is 10.1. The molecule has 0 radical (unpaired) electrons. The molecule has 1 heterocycles. The van der Waals surface area contributed by atoms with E-state index in [0.29, 0.717) is 17.0 Å².